The van der Waals surface area contributed by atoms with Gasteiger partial charge in [0.25, 0.3) is 0 Å². The molecule has 0 spiro atoms. The summed E-state index contributed by atoms with van der Waals surface area (Å²) < 4.78 is 18.4. The van der Waals surface area contributed by atoms with Crippen molar-refractivity contribution in [2.75, 3.05) is 18.5 Å². The number of anilines is 1. The van der Waals surface area contributed by atoms with E-state index in [1.54, 1.807) is 12.1 Å². The molecule has 0 aliphatic heterocycles. The van der Waals surface area contributed by atoms with E-state index in [9.17, 15) is 4.39 Å². The van der Waals surface area contributed by atoms with Crippen LogP contribution in [0.1, 0.15) is 25.7 Å². The van der Waals surface area contributed by atoms with Gasteiger partial charge in [-0.05, 0) is 25.0 Å². The largest absolute Gasteiger partial charge is 0.376 e. The molecule has 0 bridgehead atoms. The number of nitrogens with zero attached hydrogens (tertiary/aromatic N) is 1. The van der Waals surface area contributed by atoms with E-state index in [1.165, 1.54) is 31.7 Å². The Kier molecular flexibility index (Phi) is 4.10. The molecular formula is C12H17FN2O. The Labute approximate surface area is 95.0 Å². The Balaban J connectivity index is 1.64. The summed E-state index contributed by atoms with van der Waals surface area (Å²) in [4.78, 5) is 3.71. The molecule has 2 rings (SSSR count). The monoisotopic (exact) mass is 224 g/mol. The lowest BCUT2D eigenvalue weighted by molar-refractivity contribution is 0.0658. The molecule has 0 amide bonds. The van der Waals surface area contributed by atoms with Crippen LogP contribution in [-0.4, -0.2) is 24.2 Å². The van der Waals surface area contributed by atoms with Crippen molar-refractivity contribution in [1.29, 1.82) is 0 Å². The zero-order valence-electron chi connectivity index (χ0n) is 9.29. The van der Waals surface area contributed by atoms with Crippen LogP contribution in [-0.2, 0) is 4.74 Å². The van der Waals surface area contributed by atoms with E-state index in [-0.39, 0.29) is 0 Å². The van der Waals surface area contributed by atoms with Gasteiger partial charge in [0.1, 0.15) is 5.82 Å². The maximum atomic E-state index is 12.7. The van der Waals surface area contributed by atoms with Crippen molar-refractivity contribution in [3.05, 3.63) is 24.1 Å². The molecule has 1 aliphatic carbocycles. The average molecular weight is 224 g/mol. The van der Waals surface area contributed by atoms with Crippen LogP contribution in [0, 0.1) is 5.95 Å². The van der Waals surface area contributed by atoms with E-state index in [1.807, 2.05) is 0 Å². The van der Waals surface area contributed by atoms with Crippen molar-refractivity contribution in [3.8, 4) is 0 Å². The van der Waals surface area contributed by atoms with E-state index in [0.29, 0.717) is 25.1 Å². The van der Waals surface area contributed by atoms with Crippen LogP contribution in [0.2, 0.25) is 0 Å². The van der Waals surface area contributed by atoms with Gasteiger partial charge in [0.2, 0.25) is 5.95 Å². The Hall–Kier alpha value is -1.16. The lowest BCUT2D eigenvalue weighted by Gasteiger charge is -2.11. The Bertz CT molecular complexity index is 327. The number of ether oxygens (including phenoxy) is 1. The third kappa shape index (κ3) is 3.45. The first-order valence-corrected chi connectivity index (χ1v) is 5.82. The third-order valence-corrected chi connectivity index (χ3v) is 2.78. The SMILES string of the molecule is Fc1cccc(NCCOC2CCCC2)n1. The van der Waals surface area contributed by atoms with Gasteiger partial charge < -0.3 is 10.1 Å². The molecule has 1 aromatic heterocycles. The maximum absolute atomic E-state index is 12.7. The predicted molar refractivity (Wildman–Crippen MR) is 60.9 cm³/mol. The number of nitrogens with one attached hydrogen (secondary N) is 1. The van der Waals surface area contributed by atoms with Crippen LogP contribution in [0.25, 0.3) is 0 Å². The second-order valence-electron chi connectivity index (χ2n) is 4.05. The molecule has 0 unspecified atom stereocenters. The topological polar surface area (TPSA) is 34.1 Å². The lowest BCUT2D eigenvalue weighted by Crippen LogP contribution is -2.15. The van der Waals surface area contributed by atoms with Gasteiger partial charge in [-0.3, -0.25) is 0 Å². The minimum atomic E-state index is -0.457. The highest BCUT2D eigenvalue weighted by Gasteiger charge is 2.14. The van der Waals surface area contributed by atoms with Gasteiger partial charge in [0.05, 0.1) is 12.7 Å². The van der Waals surface area contributed by atoms with E-state index in [4.69, 9.17) is 4.74 Å². The summed E-state index contributed by atoms with van der Waals surface area (Å²) in [7, 11) is 0. The number of halogens is 1. The van der Waals surface area contributed by atoms with Gasteiger partial charge in [0, 0.05) is 6.54 Å². The summed E-state index contributed by atoms with van der Waals surface area (Å²) in [6.45, 7) is 1.33. The molecule has 88 valence electrons. The van der Waals surface area contributed by atoms with Crippen LogP contribution in [0.3, 0.4) is 0 Å². The van der Waals surface area contributed by atoms with Crippen molar-refractivity contribution >= 4 is 5.82 Å². The van der Waals surface area contributed by atoms with Crippen molar-refractivity contribution in [2.45, 2.75) is 31.8 Å². The molecule has 0 aromatic carbocycles. The number of hydrogen-bond acceptors (Lipinski definition) is 3. The fourth-order valence-corrected chi connectivity index (χ4v) is 1.97. The van der Waals surface area contributed by atoms with Gasteiger partial charge in [-0.1, -0.05) is 18.9 Å². The van der Waals surface area contributed by atoms with Gasteiger partial charge in [-0.2, -0.15) is 4.39 Å². The van der Waals surface area contributed by atoms with E-state index in [2.05, 4.69) is 10.3 Å². The normalized spacial score (nSPS) is 16.6. The summed E-state index contributed by atoms with van der Waals surface area (Å²) in [6, 6.07) is 4.72. The second-order valence-corrected chi connectivity index (χ2v) is 4.05. The van der Waals surface area contributed by atoms with Crippen LogP contribution < -0.4 is 5.32 Å². The van der Waals surface area contributed by atoms with E-state index in [0.717, 1.165) is 0 Å². The number of hydrogen-bond donors (Lipinski definition) is 1. The molecule has 1 aliphatic rings. The first-order valence-electron chi connectivity index (χ1n) is 5.82. The van der Waals surface area contributed by atoms with E-state index >= 15 is 0 Å². The Morgan fingerprint density at radius 3 is 2.94 bits per heavy atom. The van der Waals surface area contributed by atoms with Crippen molar-refractivity contribution in [2.24, 2.45) is 0 Å². The summed E-state index contributed by atoms with van der Waals surface area (Å²) >= 11 is 0. The van der Waals surface area contributed by atoms with Crippen LogP contribution >= 0.6 is 0 Å². The Morgan fingerprint density at radius 1 is 1.38 bits per heavy atom. The summed E-state index contributed by atoms with van der Waals surface area (Å²) in [5.41, 5.74) is 0. The van der Waals surface area contributed by atoms with Crippen molar-refractivity contribution in [1.82, 2.24) is 4.98 Å². The first-order chi connectivity index (χ1) is 7.84. The summed E-state index contributed by atoms with van der Waals surface area (Å²) in [6.07, 6.45) is 5.35. The number of aromatic nitrogens is 1. The lowest BCUT2D eigenvalue weighted by atomic mass is 10.3. The highest BCUT2D eigenvalue weighted by atomic mass is 19.1. The summed E-state index contributed by atoms with van der Waals surface area (Å²) in [5.74, 6) is 0.108. The molecule has 3 nitrogen and oxygen atoms in total. The average Bonchev–Trinajstić information content (AvgIpc) is 2.77. The number of pyridine rings is 1. The van der Waals surface area contributed by atoms with Gasteiger partial charge >= 0.3 is 0 Å². The Morgan fingerprint density at radius 2 is 2.19 bits per heavy atom. The quantitative estimate of drug-likeness (QED) is 0.616. The maximum Gasteiger partial charge on any atom is 0.214 e. The molecule has 0 radical (unpaired) electrons. The zero-order chi connectivity index (χ0) is 11.2. The molecule has 1 fully saturated rings. The molecule has 0 saturated heterocycles. The van der Waals surface area contributed by atoms with Gasteiger partial charge in [-0.25, -0.2) is 4.98 Å². The molecule has 1 saturated carbocycles. The molecule has 1 N–H and O–H groups in total. The fourth-order valence-electron chi connectivity index (χ4n) is 1.97. The standard InChI is InChI=1S/C12H17FN2O/c13-11-6-3-7-12(15-11)14-8-9-16-10-4-1-2-5-10/h3,6-7,10H,1-2,4-5,8-9H2,(H,14,15). The second kappa shape index (κ2) is 5.80. The van der Waals surface area contributed by atoms with Crippen LogP contribution in [0.5, 0.6) is 0 Å². The minimum absolute atomic E-state index is 0.433. The zero-order valence-corrected chi connectivity index (χ0v) is 9.29. The minimum Gasteiger partial charge on any atom is -0.376 e. The summed E-state index contributed by atoms with van der Waals surface area (Å²) in [5, 5.41) is 3.03. The highest BCUT2D eigenvalue weighted by Crippen LogP contribution is 2.20. The first kappa shape index (κ1) is 11.3. The van der Waals surface area contributed by atoms with Gasteiger partial charge in [-0.15, -0.1) is 0 Å². The molecule has 0 atom stereocenters. The van der Waals surface area contributed by atoms with Crippen LogP contribution in [0.4, 0.5) is 10.2 Å². The van der Waals surface area contributed by atoms with E-state index < -0.39 is 5.95 Å². The van der Waals surface area contributed by atoms with Crippen molar-refractivity contribution < 1.29 is 9.13 Å². The fraction of sp³-hybridized carbons (Fsp3) is 0.583. The van der Waals surface area contributed by atoms with Crippen molar-refractivity contribution in [3.63, 3.8) is 0 Å². The number of rotatable bonds is 5. The molecular weight excluding hydrogens is 207 g/mol. The van der Waals surface area contributed by atoms with Crippen LogP contribution in [0.15, 0.2) is 18.2 Å². The smallest absolute Gasteiger partial charge is 0.214 e. The molecule has 1 aromatic rings. The van der Waals surface area contributed by atoms with Gasteiger partial charge in [0.15, 0.2) is 0 Å². The third-order valence-electron chi connectivity index (χ3n) is 2.78. The molecule has 16 heavy (non-hydrogen) atoms. The molecule has 4 heteroatoms. The highest BCUT2D eigenvalue weighted by molar-refractivity contribution is 5.33. The predicted octanol–water partition coefficient (Wildman–Crippen LogP) is 2.59. The molecule has 1 heterocycles.